The van der Waals surface area contributed by atoms with Crippen LogP contribution >= 0.6 is 22.6 Å². The minimum Gasteiger partial charge on any atom is -0.397 e. The number of hydrogen-bond acceptors (Lipinski definition) is 3. The molecule has 0 unspecified atom stereocenters. The number of anilines is 2. The van der Waals surface area contributed by atoms with E-state index in [9.17, 15) is 0 Å². The Morgan fingerprint density at radius 2 is 2.24 bits per heavy atom. The van der Waals surface area contributed by atoms with Gasteiger partial charge >= 0.3 is 0 Å². The van der Waals surface area contributed by atoms with Gasteiger partial charge in [0.2, 0.25) is 0 Å². The molecule has 90 valence electrons. The first-order valence-electron chi connectivity index (χ1n) is 5.30. The molecule has 2 rings (SSSR count). The molecular weight excluding hydrogens is 327 g/mol. The minimum absolute atomic E-state index is 0.804. The van der Waals surface area contributed by atoms with Gasteiger partial charge in [0.15, 0.2) is 0 Å². The fourth-order valence-corrected chi connectivity index (χ4v) is 2.30. The third kappa shape index (κ3) is 2.91. The molecule has 5 heteroatoms. The van der Waals surface area contributed by atoms with Crippen molar-refractivity contribution in [1.29, 1.82) is 0 Å². The van der Waals surface area contributed by atoms with Crippen molar-refractivity contribution in [1.82, 2.24) is 9.78 Å². The van der Waals surface area contributed by atoms with Gasteiger partial charge < -0.3 is 10.6 Å². The lowest BCUT2D eigenvalue weighted by Gasteiger charge is -2.20. The van der Waals surface area contributed by atoms with Crippen LogP contribution in [0.1, 0.15) is 5.56 Å². The molecule has 17 heavy (non-hydrogen) atoms. The van der Waals surface area contributed by atoms with E-state index >= 15 is 0 Å². The van der Waals surface area contributed by atoms with Crippen molar-refractivity contribution in [2.24, 2.45) is 7.05 Å². The largest absolute Gasteiger partial charge is 0.397 e. The Labute approximate surface area is 115 Å². The Morgan fingerprint density at radius 1 is 1.47 bits per heavy atom. The lowest BCUT2D eigenvalue weighted by atomic mass is 10.2. The van der Waals surface area contributed by atoms with Crippen LogP contribution in [0.25, 0.3) is 0 Å². The Hall–Kier alpha value is -1.24. The first-order valence-corrected chi connectivity index (χ1v) is 6.38. The van der Waals surface area contributed by atoms with Gasteiger partial charge in [0.25, 0.3) is 0 Å². The summed E-state index contributed by atoms with van der Waals surface area (Å²) in [6, 6.07) is 6.09. The van der Waals surface area contributed by atoms with E-state index in [1.165, 1.54) is 5.56 Å². The summed E-state index contributed by atoms with van der Waals surface area (Å²) in [4.78, 5) is 2.13. The molecule has 1 heterocycles. The lowest BCUT2D eigenvalue weighted by Crippen LogP contribution is -2.17. The second kappa shape index (κ2) is 4.95. The molecule has 0 saturated carbocycles. The minimum atomic E-state index is 0.804. The maximum atomic E-state index is 6.01. The molecule has 0 fully saturated rings. The molecule has 0 aliphatic heterocycles. The molecule has 1 aromatic carbocycles. The van der Waals surface area contributed by atoms with Gasteiger partial charge in [-0.1, -0.05) is 0 Å². The summed E-state index contributed by atoms with van der Waals surface area (Å²) in [7, 11) is 3.95. The van der Waals surface area contributed by atoms with Crippen LogP contribution in [-0.4, -0.2) is 16.8 Å². The lowest BCUT2D eigenvalue weighted by molar-refractivity contribution is 0.766. The van der Waals surface area contributed by atoms with E-state index in [0.717, 1.165) is 21.5 Å². The van der Waals surface area contributed by atoms with E-state index in [-0.39, 0.29) is 0 Å². The van der Waals surface area contributed by atoms with E-state index in [2.05, 4.69) is 38.7 Å². The number of rotatable bonds is 3. The zero-order valence-electron chi connectivity index (χ0n) is 9.89. The molecular formula is C12H15IN4. The summed E-state index contributed by atoms with van der Waals surface area (Å²) in [6.07, 6.45) is 3.89. The number of hydrogen-bond donors (Lipinski definition) is 1. The van der Waals surface area contributed by atoms with Crippen molar-refractivity contribution in [3.05, 3.63) is 39.7 Å². The van der Waals surface area contributed by atoms with Gasteiger partial charge in [0.05, 0.1) is 17.6 Å². The molecule has 0 aliphatic carbocycles. The number of benzene rings is 1. The third-order valence-corrected chi connectivity index (χ3v) is 3.25. The molecule has 0 atom stereocenters. The Balaban J connectivity index is 2.17. The van der Waals surface area contributed by atoms with Crippen LogP contribution < -0.4 is 10.6 Å². The molecule has 0 bridgehead atoms. The summed E-state index contributed by atoms with van der Waals surface area (Å²) in [5.74, 6) is 0. The fourth-order valence-electron chi connectivity index (χ4n) is 1.79. The number of nitrogens with zero attached hydrogens (tertiary/aromatic N) is 3. The van der Waals surface area contributed by atoms with Gasteiger partial charge in [0, 0.05) is 36.0 Å². The van der Waals surface area contributed by atoms with Crippen molar-refractivity contribution >= 4 is 34.0 Å². The summed E-state index contributed by atoms with van der Waals surface area (Å²) in [6.45, 7) is 0.804. The number of nitrogen functional groups attached to an aromatic ring is 1. The average Bonchev–Trinajstić information content (AvgIpc) is 2.63. The highest BCUT2D eigenvalue weighted by Gasteiger charge is 2.07. The number of halogens is 1. The van der Waals surface area contributed by atoms with E-state index in [4.69, 9.17) is 5.73 Å². The van der Waals surface area contributed by atoms with E-state index in [1.54, 1.807) is 4.68 Å². The van der Waals surface area contributed by atoms with Gasteiger partial charge in [-0.05, 0) is 40.8 Å². The molecule has 0 aliphatic rings. The van der Waals surface area contributed by atoms with Crippen LogP contribution in [0, 0.1) is 3.57 Å². The SMILES string of the molecule is CN(Cc1cnn(C)c1)c1ccc(I)cc1N. The second-order valence-corrected chi connectivity index (χ2v) is 5.33. The Kier molecular flexibility index (Phi) is 3.56. The van der Waals surface area contributed by atoms with Gasteiger partial charge in [0.1, 0.15) is 0 Å². The van der Waals surface area contributed by atoms with Crippen LogP contribution in [-0.2, 0) is 13.6 Å². The van der Waals surface area contributed by atoms with Crippen LogP contribution in [0.2, 0.25) is 0 Å². The summed E-state index contributed by atoms with van der Waals surface area (Å²) in [5, 5.41) is 4.16. The fraction of sp³-hybridized carbons (Fsp3) is 0.250. The predicted octanol–water partition coefficient (Wildman–Crippen LogP) is 2.24. The summed E-state index contributed by atoms with van der Waals surface area (Å²) < 4.78 is 2.96. The normalized spacial score (nSPS) is 10.5. The topological polar surface area (TPSA) is 47.1 Å². The van der Waals surface area contributed by atoms with Gasteiger partial charge in [-0.15, -0.1) is 0 Å². The number of aryl methyl sites for hydroxylation is 1. The van der Waals surface area contributed by atoms with E-state index in [0.29, 0.717) is 0 Å². The van der Waals surface area contributed by atoms with Gasteiger partial charge in [-0.25, -0.2) is 0 Å². The summed E-state index contributed by atoms with van der Waals surface area (Å²) >= 11 is 2.26. The molecule has 0 spiro atoms. The third-order valence-electron chi connectivity index (χ3n) is 2.58. The Morgan fingerprint density at radius 3 is 2.82 bits per heavy atom. The van der Waals surface area contributed by atoms with Crippen LogP contribution in [0.5, 0.6) is 0 Å². The molecule has 2 aromatic rings. The monoisotopic (exact) mass is 342 g/mol. The maximum Gasteiger partial charge on any atom is 0.0601 e. The van der Waals surface area contributed by atoms with Crippen LogP contribution in [0.4, 0.5) is 11.4 Å². The van der Waals surface area contributed by atoms with Gasteiger partial charge in [-0.3, -0.25) is 4.68 Å². The summed E-state index contributed by atoms with van der Waals surface area (Å²) in [5.41, 5.74) is 9.05. The first kappa shape index (κ1) is 12.2. The Bertz CT molecular complexity index is 521. The van der Waals surface area contributed by atoms with E-state index in [1.807, 2.05) is 38.6 Å². The van der Waals surface area contributed by atoms with Crippen LogP contribution in [0.3, 0.4) is 0 Å². The quantitative estimate of drug-likeness (QED) is 0.688. The highest BCUT2D eigenvalue weighted by Crippen LogP contribution is 2.25. The van der Waals surface area contributed by atoms with Crippen molar-refractivity contribution in [3.63, 3.8) is 0 Å². The highest BCUT2D eigenvalue weighted by molar-refractivity contribution is 14.1. The smallest absolute Gasteiger partial charge is 0.0601 e. The first-order chi connectivity index (χ1) is 8.06. The van der Waals surface area contributed by atoms with Crippen molar-refractivity contribution < 1.29 is 0 Å². The van der Waals surface area contributed by atoms with Crippen molar-refractivity contribution in [2.45, 2.75) is 6.54 Å². The predicted molar refractivity (Wildman–Crippen MR) is 78.9 cm³/mol. The standard InChI is InChI=1S/C12H15IN4/c1-16(7-9-6-15-17(2)8-9)12-4-3-10(13)5-11(12)14/h3-6,8H,7,14H2,1-2H3. The molecule has 2 N–H and O–H groups in total. The zero-order chi connectivity index (χ0) is 12.4. The second-order valence-electron chi connectivity index (χ2n) is 4.08. The van der Waals surface area contributed by atoms with Crippen LogP contribution in [0.15, 0.2) is 30.6 Å². The highest BCUT2D eigenvalue weighted by atomic mass is 127. The molecule has 1 aromatic heterocycles. The van der Waals surface area contributed by atoms with E-state index < -0.39 is 0 Å². The average molecular weight is 342 g/mol. The molecule has 0 amide bonds. The molecule has 0 saturated heterocycles. The van der Waals surface area contributed by atoms with Crippen molar-refractivity contribution in [3.8, 4) is 0 Å². The molecule has 4 nitrogen and oxygen atoms in total. The molecule has 0 radical (unpaired) electrons. The number of aromatic nitrogens is 2. The number of nitrogens with two attached hydrogens (primary N) is 1. The van der Waals surface area contributed by atoms with Gasteiger partial charge in [-0.2, -0.15) is 5.10 Å². The zero-order valence-corrected chi connectivity index (χ0v) is 12.0. The van der Waals surface area contributed by atoms with Crippen molar-refractivity contribution in [2.75, 3.05) is 17.7 Å². The maximum absolute atomic E-state index is 6.01.